The highest BCUT2D eigenvalue weighted by atomic mass is 32.1. The molecule has 0 unspecified atom stereocenters. The van der Waals surface area contributed by atoms with Gasteiger partial charge in [-0.2, -0.15) is 14.9 Å². The molecule has 2 aromatic heterocycles. The molecule has 0 fully saturated rings. The summed E-state index contributed by atoms with van der Waals surface area (Å²) in [5, 5.41) is 10.4. The van der Waals surface area contributed by atoms with Crippen LogP contribution in [0.15, 0.2) is 9.90 Å². The molecule has 2 N–H and O–H groups in total. The molecule has 0 amide bonds. The van der Waals surface area contributed by atoms with Gasteiger partial charge in [0.1, 0.15) is 5.69 Å². The third-order valence-corrected chi connectivity index (χ3v) is 3.54. The van der Waals surface area contributed by atoms with Gasteiger partial charge in [0, 0.05) is 5.69 Å². The molecule has 0 spiro atoms. The number of esters is 1. The van der Waals surface area contributed by atoms with Gasteiger partial charge >= 0.3 is 5.97 Å². The summed E-state index contributed by atoms with van der Waals surface area (Å²) in [5.74, 6) is -0.396. The number of nitrogens with one attached hydrogen (secondary N) is 2. The first-order chi connectivity index (χ1) is 10.9. The minimum atomic E-state index is -0.406. The van der Waals surface area contributed by atoms with E-state index in [1.165, 1.54) is 6.21 Å². The third-order valence-electron chi connectivity index (χ3n) is 3.27. The van der Waals surface area contributed by atoms with Crippen molar-refractivity contribution in [3.05, 3.63) is 43.3 Å². The van der Waals surface area contributed by atoms with Crippen LogP contribution in [0.5, 0.6) is 0 Å². The summed E-state index contributed by atoms with van der Waals surface area (Å²) in [4.78, 5) is 27.0. The standard InChI is InChI=1S/C14H17N5O3S/c1-5-22-13(21)11-7(2)10(16-8(11)3)6-15-19-12(20)9(4)17-18-14(19)23/h6,16H,5H2,1-4H3,(H,18,23)/b15-6+. The largest absolute Gasteiger partial charge is 0.462 e. The molecule has 2 heterocycles. The van der Waals surface area contributed by atoms with E-state index < -0.39 is 11.5 Å². The number of hydrogen-bond donors (Lipinski definition) is 2. The highest BCUT2D eigenvalue weighted by Crippen LogP contribution is 2.17. The van der Waals surface area contributed by atoms with E-state index in [0.29, 0.717) is 29.1 Å². The molecule has 122 valence electrons. The Labute approximate surface area is 137 Å². The molecule has 8 nitrogen and oxygen atoms in total. The summed E-state index contributed by atoms with van der Waals surface area (Å²) in [7, 11) is 0. The lowest BCUT2D eigenvalue weighted by Gasteiger charge is -2.02. The van der Waals surface area contributed by atoms with E-state index in [1.807, 2.05) is 0 Å². The van der Waals surface area contributed by atoms with Crippen LogP contribution >= 0.6 is 12.2 Å². The Morgan fingerprint density at radius 2 is 2.13 bits per heavy atom. The molecular weight excluding hydrogens is 318 g/mol. The average Bonchev–Trinajstić information content (AvgIpc) is 2.78. The number of nitrogens with zero attached hydrogens (tertiary/aromatic N) is 3. The fourth-order valence-electron chi connectivity index (χ4n) is 2.11. The second kappa shape index (κ2) is 6.69. The second-order valence-electron chi connectivity index (χ2n) is 4.86. The molecule has 2 rings (SSSR count). The van der Waals surface area contributed by atoms with Crippen molar-refractivity contribution in [1.82, 2.24) is 19.9 Å². The molecule has 0 saturated carbocycles. The Bertz CT molecular complexity index is 891. The van der Waals surface area contributed by atoms with Gasteiger partial charge in [0.2, 0.25) is 4.77 Å². The molecule has 2 aromatic rings. The first-order valence-electron chi connectivity index (χ1n) is 6.95. The molecule has 0 saturated heterocycles. The number of rotatable bonds is 4. The first-order valence-corrected chi connectivity index (χ1v) is 7.36. The lowest BCUT2D eigenvalue weighted by atomic mass is 10.1. The third kappa shape index (κ3) is 3.29. The van der Waals surface area contributed by atoms with Crippen molar-refractivity contribution in [1.29, 1.82) is 0 Å². The SMILES string of the molecule is CCOC(=O)c1c(C)[nH]c(/C=N/n2c(=S)[nH]nc(C)c2=O)c1C. The van der Waals surface area contributed by atoms with Gasteiger partial charge in [-0.15, -0.1) is 0 Å². The highest BCUT2D eigenvalue weighted by Gasteiger charge is 2.18. The number of hydrogen-bond acceptors (Lipinski definition) is 6. The van der Waals surface area contributed by atoms with Gasteiger partial charge in [-0.05, 0) is 45.5 Å². The van der Waals surface area contributed by atoms with E-state index in [9.17, 15) is 9.59 Å². The maximum Gasteiger partial charge on any atom is 0.340 e. The smallest absolute Gasteiger partial charge is 0.340 e. The number of carbonyl (C=O) groups is 1. The van der Waals surface area contributed by atoms with Crippen LogP contribution in [0, 0.1) is 25.5 Å². The Morgan fingerprint density at radius 3 is 2.78 bits per heavy atom. The fraction of sp³-hybridized carbons (Fsp3) is 0.357. The van der Waals surface area contributed by atoms with Crippen LogP contribution in [-0.2, 0) is 4.74 Å². The van der Waals surface area contributed by atoms with E-state index in [-0.39, 0.29) is 10.5 Å². The maximum atomic E-state index is 12.0. The fourth-order valence-corrected chi connectivity index (χ4v) is 2.28. The van der Waals surface area contributed by atoms with E-state index in [4.69, 9.17) is 17.0 Å². The number of aromatic nitrogens is 4. The van der Waals surface area contributed by atoms with Crippen molar-refractivity contribution in [3.63, 3.8) is 0 Å². The van der Waals surface area contributed by atoms with E-state index in [1.54, 1.807) is 27.7 Å². The predicted octanol–water partition coefficient (Wildman–Crippen LogP) is 1.61. The molecule has 0 aliphatic heterocycles. The zero-order valence-corrected chi connectivity index (χ0v) is 14.1. The maximum absolute atomic E-state index is 12.0. The summed E-state index contributed by atoms with van der Waals surface area (Å²) < 4.78 is 6.16. The van der Waals surface area contributed by atoms with Crippen LogP contribution in [0.1, 0.15) is 39.9 Å². The summed E-state index contributed by atoms with van der Waals surface area (Å²) in [5.41, 5.74) is 2.28. The number of H-pyrrole nitrogens is 2. The summed E-state index contributed by atoms with van der Waals surface area (Å²) in [6.07, 6.45) is 1.44. The van der Waals surface area contributed by atoms with Crippen molar-refractivity contribution < 1.29 is 9.53 Å². The van der Waals surface area contributed by atoms with Crippen molar-refractivity contribution in [2.24, 2.45) is 5.10 Å². The second-order valence-corrected chi connectivity index (χ2v) is 5.25. The lowest BCUT2D eigenvalue weighted by Crippen LogP contribution is -2.22. The normalized spacial score (nSPS) is 11.1. The molecule has 0 bridgehead atoms. The topological polar surface area (TPSA) is 105 Å². The van der Waals surface area contributed by atoms with Gasteiger partial charge in [0.25, 0.3) is 5.56 Å². The monoisotopic (exact) mass is 335 g/mol. The summed E-state index contributed by atoms with van der Waals surface area (Å²) >= 11 is 5.00. The lowest BCUT2D eigenvalue weighted by molar-refractivity contribution is 0.0525. The summed E-state index contributed by atoms with van der Waals surface area (Å²) in [6.45, 7) is 7.15. The van der Waals surface area contributed by atoms with Gasteiger partial charge in [0.15, 0.2) is 0 Å². The molecule has 0 aliphatic rings. The van der Waals surface area contributed by atoms with E-state index in [2.05, 4.69) is 20.3 Å². The molecule has 0 radical (unpaired) electrons. The Balaban J connectivity index is 2.45. The number of aryl methyl sites for hydroxylation is 2. The molecule has 0 aliphatic carbocycles. The van der Waals surface area contributed by atoms with Crippen LogP contribution < -0.4 is 5.56 Å². The highest BCUT2D eigenvalue weighted by molar-refractivity contribution is 7.71. The van der Waals surface area contributed by atoms with Crippen LogP contribution in [0.4, 0.5) is 0 Å². The zero-order valence-electron chi connectivity index (χ0n) is 13.3. The van der Waals surface area contributed by atoms with Crippen molar-refractivity contribution in [2.75, 3.05) is 6.61 Å². The van der Waals surface area contributed by atoms with Crippen LogP contribution in [0.25, 0.3) is 0 Å². The molecule has 0 aromatic carbocycles. The molecule has 0 atom stereocenters. The predicted molar refractivity (Wildman–Crippen MR) is 87.6 cm³/mol. The number of ether oxygens (including phenoxy) is 1. The minimum Gasteiger partial charge on any atom is -0.462 e. The molecular formula is C14H17N5O3S. The van der Waals surface area contributed by atoms with Crippen LogP contribution in [0.3, 0.4) is 0 Å². The van der Waals surface area contributed by atoms with Gasteiger partial charge in [-0.3, -0.25) is 9.89 Å². The van der Waals surface area contributed by atoms with Gasteiger partial charge < -0.3 is 9.72 Å². The van der Waals surface area contributed by atoms with Crippen LogP contribution in [-0.4, -0.2) is 38.6 Å². The van der Waals surface area contributed by atoms with Crippen molar-refractivity contribution >= 4 is 24.4 Å². The van der Waals surface area contributed by atoms with Gasteiger partial charge in [-0.1, -0.05) is 0 Å². The molecule has 9 heteroatoms. The van der Waals surface area contributed by atoms with Gasteiger partial charge in [-0.25, -0.2) is 4.79 Å². The quantitative estimate of drug-likeness (QED) is 0.502. The minimum absolute atomic E-state index is 0.0865. The number of aromatic amines is 2. The Kier molecular flexibility index (Phi) is 4.89. The van der Waals surface area contributed by atoms with Crippen molar-refractivity contribution in [3.8, 4) is 0 Å². The Morgan fingerprint density at radius 1 is 1.43 bits per heavy atom. The van der Waals surface area contributed by atoms with Gasteiger partial charge in [0.05, 0.1) is 24.1 Å². The average molecular weight is 335 g/mol. The van der Waals surface area contributed by atoms with Crippen LogP contribution in [0.2, 0.25) is 0 Å². The van der Waals surface area contributed by atoms with E-state index in [0.717, 1.165) is 4.68 Å². The Hall–Kier alpha value is -2.55. The molecule has 23 heavy (non-hydrogen) atoms. The number of carbonyl (C=O) groups excluding carboxylic acids is 1. The van der Waals surface area contributed by atoms with Crippen molar-refractivity contribution in [2.45, 2.75) is 27.7 Å². The first kappa shape index (κ1) is 16.8. The zero-order chi connectivity index (χ0) is 17.1. The van der Waals surface area contributed by atoms with E-state index >= 15 is 0 Å². The summed E-state index contributed by atoms with van der Waals surface area (Å²) in [6, 6.07) is 0.